The van der Waals surface area contributed by atoms with Crippen molar-refractivity contribution in [2.24, 2.45) is 4.99 Å². The van der Waals surface area contributed by atoms with E-state index in [4.69, 9.17) is 4.84 Å². The van der Waals surface area contributed by atoms with Crippen LogP contribution in [0.1, 0.15) is 135 Å². The minimum Gasteiger partial charge on any atom is -0.273 e. The van der Waals surface area contributed by atoms with Crippen LogP contribution in [0.4, 0.5) is 5.69 Å². The molecule has 0 radical (unpaired) electrons. The van der Waals surface area contributed by atoms with Crippen molar-refractivity contribution in [2.75, 3.05) is 24.8 Å². The van der Waals surface area contributed by atoms with Gasteiger partial charge < -0.3 is 0 Å². The lowest BCUT2D eigenvalue weighted by molar-refractivity contribution is 0.103. The molecule has 0 atom stereocenters. The van der Waals surface area contributed by atoms with Crippen molar-refractivity contribution < 1.29 is 9.63 Å². The van der Waals surface area contributed by atoms with Gasteiger partial charge in [0.25, 0.3) is 0 Å². The van der Waals surface area contributed by atoms with Crippen molar-refractivity contribution in [2.45, 2.75) is 135 Å². The van der Waals surface area contributed by atoms with Crippen molar-refractivity contribution >= 4 is 11.8 Å². The van der Waals surface area contributed by atoms with E-state index in [0.717, 1.165) is 26.0 Å². The summed E-state index contributed by atoms with van der Waals surface area (Å²) in [6.07, 6.45) is 27.8. The molecule has 0 spiro atoms. The van der Waals surface area contributed by atoms with Gasteiger partial charge in [0.05, 0.1) is 18.8 Å². The maximum absolute atomic E-state index is 10.0. The normalized spacial score (nSPS) is 10.9. The van der Waals surface area contributed by atoms with Crippen molar-refractivity contribution in [3.05, 3.63) is 30.3 Å². The highest BCUT2D eigenvalue weighted by atomic mass is 16.7. The topological polar surface area (TPSA) is 41.9 Å². The van der Waals surface area contributed by atoms with Crippen LogP contribution in [0.2, 0.25) is 0 Å². The number of aliphatic imine (C=N–C) groups is 1. The van der Waals surface area contributed by atoms with Gasteiger partial charge >= 0.3 is 0 Å². The van der Waals surface area contributed by atoms with Gasteiger partial charge in [-0.1, -0.05) is 134 Å². The van der Waals surface area contributed by atoms with Gasteiger partial charge in [-0.15, -0.1) is 0 Å². The van der Waals surface area contributed by atoms with Gasteiger partial charge in [0.1, 0.15) is 0 Å². The Morgan fingerprint density at radius 3 is 1.69 bits per heavy atom. The fraction of sp³-hybridized carbons (Fsp3) is 0.774. The van der Waals surface area contributed by atoms with Gasteiger partial charge in [0.2, 0.25) is 6.08 Å². The van der Waals surface area contributed by atoms with Crippen molar-refractivity contribution in [1.82, 2.24) is 0 Å². The monoisotopic (exact) mass is 486 g/mol. The lowest BCUT2D eigenvalue weighted by Gasteiger charge is -2.24. The molecular formula is C31H54N2O2. The van der Waals surface area contributed by atoms with E-state index in [1.807, 2.05) is 0 Å². The SMILES string of the molecule is CCCCCCCCCCCCCCON(CCCCCCCCCCN=C=O)c1ccccc1. The third-order valence-electron chi connectivity index (χ3n) is 6.73. The maximum Gasteiger partial charge on any atom is 0.234 e. The zero-order valence-corrected chi connectivity index (χ0v) is 22.9. The lowest BCUT2D eigenvalue weighted by Crippen LogP contribution is -2.25. The number of unbranched alkanes of at least 4 members (excludes halogenated alkanes) is 18. The molecule has 0 aliphatic carbocycles. The second kappa shape index (κ2) is 25.5. The van der Waals surface area contributed by atoms with Gasteiger partial charge in [0.15, 0.2) is 0 Å². The first kappa shape index (κ1) is 31.4. The number of hydrogen-bond donors (Lipinski definition) is 0. The van der Waals surface area contributed by atoms with E-state index in [0.29, 0.717) is 6.54 Å². The molecule has 35 heavy (non-hydrogen) atoms. The molecule has 0 saturated heterocycles. The van der Waals surface area contributed by atoms with Crippen LogP contribution in [0.15, 0.2) is 35.3 Å². The van der Waals surface area contributed by atoms with Gasteiger partial charge in [-0.3, -0.25) is 9.90 Å². The smallest absolute Gasteiger partial charge is 0.234 e. The first-order valence-corrected chi connectivity index (χ1v) is 14.9. The highest BCUT2D eigenvalue weighted by Crippen LogP contribution is 2.17. The second-order valence-electron chi connectivity index (χ2n) is 9.96. The predicted octanol–water partition coefficient (Wildman–Crippen LogP) is 9.58. The minimum absolute atomic E-state index is 0.637. The van der Waals surface area contributed by atoms with Crippen LogP contribution >= 0.6 is 0 Å². The molecular weight excluding hydrogens is 432 g/mol. The van der Waals surface area contributed by atoms with Gasteiger partial charge in [-0.2, -0.15) is 0 Å². The number of para-hydroxylation sites is 1. The van der Waals surface area contributed by atoms with E-state index in [2.05, 4.69) is 47.3 Å². The van der Waals surface area contributed by atoms with E-state index >= 15 is 0 Å². The summed E-state index contributed by atoms with van der Waals surface area (Å²) in [6.45, 7) is 4.71. The number of nitrogens with zero attached hydrogens (tertiary/aromatic N) is 2. The standard InChI is InChI=1S/C31H54N2O2/c1-2-3-4-5-6-7-8-9-12-15-18-24-29-35-33(31-25-20-19-21-26-31)28-23-17-14-11-10-13-16-22-27-32-30-34/h19-21,25-26H,2-18,22-24,27-29H2,1H3. The molecule has 1 rings (SSSR count). The third kappa shape index (κ3) is 20.3. The number of benzene rings is 1. The zero-order chi connectivity index (χ0) is 25.1. The number of hydroxylamine groups is 1. The average Bonchev–Trinajstić information content (AvgIpc) is 2.89. The largest absolute Gasteiger partial charge is 0.273 e. The average molecular weight is 487 g/mol. The van der Waals surface area contributed by atoms with E-state index in [9.17, 15) is 4.79 Å². The van der Waals surface area contributed by atoms with Crippen LogP contribution in [0.25, 0.3) is 0 Å². The molecule has 0 heterocycles. The highest BCUT2D eigenvalue weighted by Gasteiger charge is 2.06. The van der Waals surface area contributed by atoms with Crippen LogP contribution in [-0.4, -0.2) is 25.8 Å². The molecule has 4 nitrogen and oxygen atoms in total. The summed E-state index contributed by atoms with van der Waals surface area (Å²) < 4.78 is 0. The Labute approximate surface area is 216 Å². The molecule has 0 aliphatic heterocycles. The molecule has 0 unspecified atom stereocenters. The molecule has 1 aromatic rings. The van der Waals surface area contributed by atoms with E-state index in [-0.39, 0.29) is 0 Å². The summed E-state index contributed by atoms with van der Waals surface area (Å²) in [4.78, 5) is 19.9. The van der Waals surface area contributed by atoms with Crippen LogP contribution in [0, 0.1) is 0 Å². The lowest BCUT2D eigenvalue weighted by atomic mass is 10.1. The second-order valence-corrected chi connectivity index (χ2v) is 9.96. The molecule has 0 N–H and O–H groups in total. The molecule has 0 amide bonds. The van der Waals surface area contributed by atoms with Gasteiger partial charge in [-0.25, -0.2) is 9.79 Å². The summed E-state index contributed by atoms with van der Waals surface area (Å²) in [5, 5.41) is 2.12. The number of carbonyl (C=O) groups excluding carboxylic acids is 1. The van der Waals surface area contributed by atoms with Crippen molar-refractivity contribution in [3.8, 4) is 0 Å². The number of anilines is 1. The molecule has 0 saturated carbocycles. The number of hydrogen-bond acceptors (Lipinski definition) is 4. The molecule has 200 valence electrons. The summed E-state index contributed by atoms with van der Waals surface area (Å²) in [7, 11) is 0. The zero-order valence-electron chi connectivity index (χ0n) is 22.9. The molecule has 0 fully saturated rings. The minimum atomic E-state index is 0.637. The summed E-state index contributed by atoms with van der Waals surface area (Å²) in [5.41, 5.74) is 1.17. The van der Waals surface area contributed by atoms with Crippen LogP contribution < -0.4 is 5.06 Å². The maximum atomic E-state index is 10.0. The summed E-state index contributed by atoms with van der Waals surface area (Å²) in [5.74, 6) is 0. The van der Waals surface area contributed by atoms with Gasteiger partial charge in [0, 0.05) is 6.54 Å². The first-order chi connectivity index (χ1) is 17.4. The Bertz CT molecular complexity index is 601. The molecule has 1 aromatic carbocycles. The Kier molecular flexibility index (Phi) is 22.8. The van der Waals surface area contributed by atoms with Gasteiger partial charge in [-0.05, 0) is 31.4 Å². The van der Waals surface area contributed by atoms with Crippen LogP contribution in [-0.2, 0) is 9.63 Å². The van der Waals surface area contributed by atoms with E-state index in [1.54, 1.807) is 6.08 Å². The summed E-state index contributed by atoms with van der Waals surface area (Å²) >= 11 is 0. The Balaban J connectivity index is 2.05. The predicted molar refractivity (Wildman–Crippen MR) is 151 cm³/mol. The number of isocyanates is 1. The molecule has 0 bridgehead atoms. The first-order valence-electron chi connectivity index (χ1n) is 14.9. The summed E-state index contributed by atoms with van der Waals surface area (Å²) in [6, 6.07) is 10.6. The Morgan fingerprint density at radius 2 is 1.14 bits per heavy atom. The molecule has 0 aromatic heterocycles. The Hall–Kier alpha value is -1.64. The van der Waals surface area contributed by atoms with Crippen LogP contribution in [0.3, 0.4) is 0 Å². The fourth-order valence-corrected chi connectivity index (χ4v) is 4.53. The highest BCUT2D eigenvalue weighted by molar-refractivity contribution is 5.43. The molecule has 0 aliphatic rings. The Morgan fingerprint density at radius 1 is 0.657 bits per heavy atom. The van der Waals surface area contributed by atoms with Crippen LogP contribution in [0.5, 0.6) is 0 Å². The number of rotatable bonds is 26. The quantitative estimate of drug-likeness (QED) is 0.0566. The fourth-order valence-electron chi connectivity index (χ4n) is 4.53. The van der Waals surface area contributed by atoms with Crippen molar-refractivity contribution in [3.63, 3.8) is 0 Å². The third-order valence-corrected chi connectivity index (χ3v) is 6.73. The molecule has 4 heteroatoms. The van der Waals surface area contributed by atoms with E-state index in [1.165, 1.54) is 121 Å². The van der Waals surface area contributed by atoms with Crippen molar-refractivity contribution in [1.29, 1.82) is 0 Å². The van der Waals surface area contributed by atoms with E-state index < -0.39 is 0 Å².